The predicted molar refractivity (Wildman–Crippen MR) is 137 cm³/mol. The van der Waals surface area contributed by atoms with Gasteiger partial charge in [-0.3, -0.25) is 4.79 Å². The molecule has 0 aliphatic heterocycles. The number of likely N-dealkylation sites (N-methyl/N-ethyl adjacent to an activating group) is 1. The second-order valence-corrected chi connectivity index (χ2v) is 7.65. The molecule has 0 bridgehead atoms. The largest absolute Gasteiger partial charge is 0.445 e. The summed E-state index contributed by atoms with van der Waals surface area (Å²) in [4.78, 5) is 26.2. The highest BCUT2D eigenvalue weighted by atomic mass is 16.6. The van der Waals surface area contributed by atoms with E-state index >= 15 is 0 Å². The van der Waals surface area contributed by atoms with Gasteiger partial charge in [0.15, 0.2) is 0 Å². The van der Waals surface area contributed by atoms with Crippen LogP contribution in [-0.4, -0.2) is 63.0 Å². The Bertz CT molecular complexity index is 829. The number of hydrogen-bond acceptors (Lipinski definition) is 5. The van der Waals surface area contributed by atoms with Crippen LogP contribution in [0.1, 0.15) is 43.9 Å². The maximum absolute atomic E-state index is 12.5. The molecule has 190 valence electrons. The molecule has 2 rings (SSSR count). The third-order valence-electron chi connectivity index (χ3n) is 5.07. The smallest absolute Gasteiger partial charge is 0.409 e. The van der Waals surface area contributed by atoms with Crippen LogP contribution in [0.5, 0.6) is 0 Å². The number of ether oxygens (including phenoxy) is 2. The van der Waals surface area contributed by atoms with Crippen molar-refractivity contribution in [3.05, 3.63) is 71.3 Å². The Morgan fingerprint density at radius 2 is 1.71 bits per heavy atom. The molecule has 0 saturated carbocycles. The van der Waals surface area contributed by atoms with Crippen LogP contribution in [-0.2, 0) is 26.3 Å². The van der Waals surface area contributed by atoms with Crippen LogP contribution in [0.15, 0.2) is 54.6 Å². The molecular weight excluding hydrogens is 432 g/mol. The molecule has 34 heavy (non-hydrogen) atoms. The van der Waals surface area contributed by atoms with Crippen molar-refractivity contribution in [1.29, 1.82) is 0 Å². The monoisotopic (exact) mass is 474 g/mol. The van der Waals surface area contributed by atoms with Crippen LogP contribution in [0, 0.1) is 6.92 Å². The molecule has 1 unspecified atom stereocenters. The standard InChI is InChI=1S/C24H32N2O4.C2H6.CH4O/c1-19-10-8-13-21(16-19)24(2,22(27)25-3)18-29-15-9-14-26(4)23(28)30-17-20-11-6-5-7-12-20;2*1-2/h5-8,10-13,16H,9,14-15,17-18H2,1-4H3,(H,25,27);1-2H3;2H,1H3. The number of rotatable bonds is 10. The molecule has 0 spiro atoms. The molecule has 7 nitrogen and oxygen atoms in total. The quantitative estimate of drug-likeness (QED) is 0.501. The molecule has 2 aromatic rings. The van der Waals surface area contributed by atoms with Crippen molar-refractivity contribution in [2.24, 2.45) is 0 Å². The second-order valence-electron chi connectivity index (χ2n) is 7.65. The lowest BCUT2D eigenvalue weighted by molar-refractivity contribution is -0.128. The SMILES string of the molecule is CC.CNC(=O)C(C)(COCCCN(C)C(=O)OCc1ccccc1)c1cccc(C)c1.CO. The fraction of sp³-hybridized carbons (Fsp3) is 0.481. The molecule has 0 fully saturated rings. The average molecular weight is 475 g/mol. The first-order valence-corrected chi connectivity index (χ1v) is 11.6. The highest BCUT2D eigenvalue weighted by molar-refractivity contribution is 5.87. The maximum Gasteiger partial charge on any atom is 0.409 e. The second kappa shape index (κ2) is 17.6. The Balaban J connectivity index is 0.00000258. The van der Waals surface area contributed by atoms with Gasteiger partial charge in [0.1, 0.15) is 6.61 Å². The lowest BCUT2D eigenvalue weighted by Crippen LogP contribution is -2.44. The maximum atomic E-state index is 12.5. The van der Waals surface area contributed by atoms with Crippen molar-refractivity contribution in [2.75, 3.05) is 41.0 Å². The van der Waals surface area contributed by atoms with Crippen LogP contribution >= 0.6 is 0 Å². The number of benzene rings is 2. The summed E-state index contributed by atoms with van der Waals surface area (Å²) in [5.74, 6) is -0.0882. The molecular formula is C27H42N2O5. The summed E-state index contributed by atoms with van der Waals surface area (Å²) in [5.41, 5.74) is 2.19. The van der Waals surface area contributed by atoms with Gasteiger partial charge in [0.25, 0.3) is 0 Å². The number of aryl methyl sites for hydroxylation is 1. The Morgan fingerprint density at radius 3 is 2.29 bits per heavy atom. The van der Waals surface area contributed by atoms with Gasteiger partial charge in [-0.15, -0.1) is 0 Å². The minimum Gasteiger partial charge on any atom is -0.445 e. The summed E-state index contributed by atoms with van der Waals surface area (Å²) in [6, 6.07) is 17.5. The summed E-state index contributed by atoms with van der Waals surface area (Å²) in [7, 11) is 4.33. The summed E-state index contributed by atoms with van der Waals surface area (Å²) < 4.78 is 11.1. The molecule has 2 aromatic carbocycles. The number of carbonyl (C=O) groups excluding carboxylic acids is 2. The van der Waals surface area contributed by atoms with Crippen LogP contribution in [0.4, 0.5) is 4.79 Å². The number of aliphatic hydroxyl groups is 1. The van der Waals surface area contributed by atoms with Gasteiger partial charge in [0.2, 0.25) is 5.91 Å². The average Bonchev–Trinajstić information content (AvgIpc) is 2.89. The summed E-state index contributed by atoms with van der Waals surface area (Å²) in [5, 5.41) is 9.74. The van der Waals surface area contributed by atoms with Gasteiger partial charge in [0, 0.05) is 34.4 Å². The Morgan fingerprint density at radius 1 is 1.06 bits per heavy atom. The molecule has 0 radical (unpaired) electrons. The third-order valence-corrected chi connectivity index (χ3v) is 5.07. The lowest BCUT2D eigenvalue weighted by atomic mass is 9.81. The van der Waals surface area contributed by atoms with Crippen LogP contribution in [0.25, 0.3) is 0 Å². The summed E-state index contributed by atoms with van der Waals surface area (Å²) in [6.45, 7) is 9.35. The number of aliphatic hydroxyl groups excluding tert-OH is 1. The Hall–Kier alpha value is -2.90. The molecule has 0 heterocycles. The van der Waals surface area contributed by atoms with Crippen molar-refractivity contribution < 1.29 is 24.2 Å². The number of hydrogen-bond donors (Lipinski definition) is 2. The minimum absolute atomic E-state index is 0.0882. The fourth-order valence-electron chi connectivity index (χ4n) is 3.15. The van der Waals surface area contributed by atoms with Gasteiger partial charge in [-0.1, -0.05) is 74.0 Å². The van der Waals surface area contributed by atoms with Crippen molar-refractivity contribution in [2.45, 2.75) is 46.1 Å². The topological polar surface area (TPSA) is 88.1 Å². The number of amides is 2. The van der Waals surface area contributed by atoms with Gasteiger partial charge in [-0.25, -0.2) is 4.79 Å². The zero-order valence-corrected chi connectivity index (χ0v) is 21.8. The van der Waals surface area contributed by atoms with E-state index < -0.39 is 5.41 Å². The van der Waals surface area contributed by atoms with Crippen molar-refractivity contribution in [3.63, 3.8) is 0 Å². The highest BCUT2D eigenvalue weighted by Gasteiger charge is 2.35. The molecule has 7 heteroatoms. The third kappa shape index (κ3) is 10.4. The predicted octanol–water partition coefficient (Wildman–Crippen LogP) is 4.31. The zero-order valence-electron chi connectivity index (χ0n) is 21.8. The molecule has 2 amide bonds. The van der Waals surface area contributed by atoms with E-state index in [-0.39, 0.29) is 25.2 Å². The highest BCUT2D eigenvalue weighted by Crippen LogP contribution is 2.25. The van der Waals surface area contributed by atoms with E-state index in [1.54, 1.807) is 14.1 Å². The molecule has 0 aliphatic carbocycles. The van der Waals surface area contributed by atoms with E-state index in [0.717, 1.165) is 23.8 Å². The molecule has 0 aromatic heterocycles. The van der Waals surface area contributed by atoms with Gasteiger partial charge in [-0.2, -0.15) is 0 Å². The van der Waals surface area contributed by atoms with E-state index in [2.05, 4.69) is 5.32 Å². The zero-order chi connectivity index (χ0) is 26.0. The van der Waals surface area contributed by atoms with E-state index in [1.807, 2.05) is 82.3 Å². The van der Waals surface area contributed by atoms with Crippen LogP contribution in [0.3, 0.4) is 0 Å². The molecule has 2 N–H and O–H groups in total. The van der Waals surface area contributed by atoms with E-state index in [1.165, 1.54) is 4.90 Å². The Kier molecular flexibility index (Phi) is 16.1. The lowest BCUT2D eigenvalue weighted by Gasteiger charge is -2.28. The van der Waals surface area contributed by atoms with Crippen molar-refractivity contribution >= 4 is 12.0 Å². The number of carbonyl (C=O) groups is 2. The van der Waals surface area contributed by atoms with Gasteiger partial charge in [-0.05, 0) is 31.4 Å². The molecule has 0 aliphatic rings. The number of nitrogens with one attached hydrogen (secondary N) is 1. The van der Waals surface area contributed by atoms with Gasteiger partial charge < -0.3 is 24.8 Å². The number of nitrogens with zero attached hydrogens (tertiary/aromatic N) is 1. The summed E-state index contributed by atoms with van der Waals surface area (Å²) >= 11 is 0. The van der Waals surface area contributed by atoms with Crippen molar-refractivity contribution in [1.82, 2.24) is 10.2 Å². The molecule has 1 atom stereocenters. The fourth-order valence-corrected chi connectivity index (χ4v) is 3.15. The van der Waals surface area contributed by atoms with E-state index in [4.69, 9.17) is 14.6 Å². The first kappa shape index (κ1) is 31.1. The van der Waals surface area contributed by atoms with Gasteiger partial charge in [0.05, 0.1) is 12.0 Å². The normalized spacial score (nSPS) is 11.5. The first-order chi connectivity index (χ1) is 16.4. The van der Waals surface area contributed by atoms with E-state index in [0.29, 0.717) is 19.6 Å². The van der Waals surface area contributed by atoms with Crippen LogP contribution in [0.2, 0.25) is 0 Å². The van der Waals surface area contributed by atoms with Gasteiger partial charge >= 0.3 is 6.09 Å². The van der Waals surface area contributed by atoms with E-state index in [9.17, 15) is 9.59 Å². The Labute approximate surface area is 205 Å². The summed E-state index contributed by atoms with van der Waals surface area (Å²) in [6.07, 6.45) is 0.281. The van der Waals surface area contributed by atoms with Crippen molar-refractivity contribution in [3.8, 4) is 0 Å². The minimum atomic E-state index is -0.777. The van der Waals surface area contributed by atoms with Crippen LogP contribution < -0.4 is 5.32 Å². The first-order valence-electron chi connectivity index (χ1n) is 11.6. The molecule has 0 saturated heterocycles.